The lowest BCUT2D eigenvalue weighted by molar-refractivity contribution is 0.0601. The topological polar surface area (TPSA) is 77.7 Å². The van der Waals surface area contributed by atoms with E-state index in [9.17, 15) is 4.79 Å². The molecule has 1 heterocycles. The molecule has 2 aromatic rings. The highest BCUT2D eigenvalue weighted by molar-refractivity contribution is 5.89. The zero-order valence-electron chi connectivity index (χ0n) is 14.5. The Bertz CT molecular complexity index is 652. The van der Waals surface area contributed by atoms with Crippen LogP contribution in [0.25, 0.3) is 11.4 Å². The van der Waals surface area contributed by atoms with Crippen molar-refractivity contribution in [2.24, 2.45) is 0 Å². The van der Waals surface area contributed by atoms with E-state index in [1.54, 1.807) is 31.4 Å². The number of nitrogens with zero attached hydrogens (tertiary/aromatic N) is 3. The van der Waals surface area contributed by atoms with Crippen LogP contribution in [0.5, 0.6) is 0 Å². The van der Waals surface area contributed by atoms with Gasteiger partial charge in [0.25, 0.3) is 0 Å². The number of hydrogen-bond donors (Lipinski definition) is 0. The van der Waals surface area contributed by atoms with Gasteiger partial charge in [0.15, 0.2) is 0 Å². The SMILES string of the molecule is COCCN(Cc1nc(-c2ccc(C(=O)OC)cc2)no1)C(C)C. The van der Waals surface area contributed by atoms with E-state index in [0.717, 1.165) is 12.1 Å². The van der Waals surface area contributed by atoms with Crippen LogP contribution < -0.4 is 0 Å². The number of benzene rings is 1. The largest absolute Gasteiger partial charge is 0.465 e. The molecule has 7 heteroatoms. The van der Waals surface area contributed by atoms with Crippen molar-refractivity contribution in [3.05, 3.63) is 35.7 Å². The summed E-state index contributed by atoms with van der Waals surface area (Å²) in [5.41, 5.74) is 1.26. The zero-order valence-corrected chi connectivity index (χ0v) is 14.5. The standard InChI is InChI=1S/C17H23N3O4/c1-12(2)20(9-10-22-3)11-15-18-16(19-24-15)13-5-7-14(8-6-13)17(21)23-4/h5-8,12H,9-11H2,1-4H3. The summed E-state index contributed by atoms with van der Waals surface area (Å²) in [6, 6.07) is 7.24. The molecule has 0 aliphatic carbocycles. The first-order chi connectivity index (χ1) is 11.5. The summed E-state index contributed by atoms with van der Waals surface area (Å²) in [5.74, 6) is 0.671. The highest BCUT2D eigenvalue weighted by Gasteiger charge is 2.16. The third-order valence-corrected chi connectivity index (χ3v) is 3.68. The van der Waals surface area contributed by atoms with E-state index in [0.29, 0.717) is 36.5 Å². The maximum absolute atomic E-state index is 11.4. The molecule has 0 saturated carbocycles. The molecule has 0 aliphatic heterocycles. The highest BCUT2D eigenvalue weighted by atomic mass is 16.5. The van der Waals surface area contributed by atoms with Crippen molar-refractivity contribution in [3.8, 4) is 11.4 Å². The number of rotatable bonds is 8. The van der Waals surface area contributed by atoms with Gasteiger partial charge in [0, 0.05) is 25.3 Å². The Kier molecular flexibility index (Phi) is 6.45. The molecule has 0 saturated heterocycles. The van der Waals surface area contributed by atoms with Gasteiger partial charge in [-0.1, -0.05) is 17.3 Å². The van der Waals surface area contributed by atoms with Crippen molar-refractivity contribution >= 4 is 5.97 Å². The van der Waals surface area contributed by atoms with Gasteiger partial charge in [0.2, 0.25) is 11.7 Å². The normalized spacial score (nSPS) is 11.2. The van der Waals surface area contributed by atoms with Crippen LogP contribution in [0, 0.1) is 0 Å². The number of ether oxygens (including phenoxy) is 2. The molecule has 0 bridgehead atoms. The Morgan fingerprint density at radius 2 is 1.96 bits per heavy atom. The van der Waals surface area contributed by atoms with Gasteiger partial charge in [0.05, 0.1) is 25.8 Å². The molecule has 24 heavy (non-hydrogen) atoms. The van der Waals surface area contributed by atoms with Crippen molar-refractivity contribution in [2.75, 3.05) is 27.4 Å². The lowest BCUT2D eigenvalue weighted by Gasteiger charge is -2.24. The lowest BCUT2D eigenvalue weighted by atomic mass is 10.1. The van der Waals surface area contributed by atoms with Crippen LogP contribution in [0.2, 0.25) is 0 Å². The Hall–Kier alpha value is -2.25. The molecule has 0 radical (unpaired) electrons. The van der Waals surface area contributed by atoms with E-state index in [1.807, 2.05) is 0 Å². The number of carbonyl (C=O) groups excluding carboxylic acids is 1. The number of hydrogen-bond acceptors (Lipinski definition) is 7. The van der Waals surface area contributed by atoms with Crippen LogP contribution in [-0.2, 0) is 16.0 Å². The van der Waals surface area contributed by atoms with Crippen LogP contribution >= 0.6 is 0 Å². The van der Waals surface area contributed by atoms with E-state index in [-0.39, 0.29) is 5.97 Å². The minimum Gasteiger partial charge on any atom is -0.465 e. The Labute approximate surface area is 141 Å². The molecule has 0 amide bonds. The summed E-state index contributed by atoms with van der Waals surface area (Å²) in [6.07, 6.45) is 0. The molecular formula is C17H23N3O4. The fraction of sp³-hybridized carbons (Fsp3) is 0.471. The number of aromatic nitrogens is 2. The molecule has 1 aromatic heterocycles. The predicted octanol–water partition coefficient (Wildman–Crippen LogP) is 2.38. The molecular weight excluding hydrogens is 310 g/mol. The number of esters is 1. The maximum atomic E-state index is 11.4. The molecule has 0 N–H and O–H groups in total. The summed E-state index contributed by atoms with van der Waals surface area (Å²) in [7, 11) is 3.03. The Morgan fingerprint density at radius 1 is 1.25 bits per heavy atom. The fourth-order valence-corrected chi connectivity index (χ4v) is 2.21. The molecule has 0 spiro atoms. The van der Waals surface area contributed by atoms with Gasteiger partial charge in [0.1, 0.15) is 0 Å². The minimum absolute atomic E-state index is 0.342. The number of carbonyl (C=O) groups is 1. The molecule has 1 aromatic carbocycles. The fourth-order valence-electron chi connectivity index (χ4n) is 2.21. The average molecular weight is 333 g/mol. The van der Waals surface area contributed by atoms with Crippen molar-refractivity contribution in [1.29, 1.82) is 0 Å². The van der Waals surface area contributed by atoms with Gasteiger partial charge < -0.3 is 14.0 Å². The highest BCUT2D eigenvalue weighted by Crippen LogP contribution is 2.18. The smallest absolute Gasteiger partial charge is 0.337 e. The first kappa shape index (κ1) is 18.1. The van der Waals surface area contributed by atoms with E-state index in [2.05, 4.69) is 33.6 Å². The number of methoxy groups -OCH3 is 2. The van der Waals surface area contributed by atoms with E-state index in [4.69, 9.17) is 9.26 Å². The predicted molar refractivity (Wildman–Crippen MR) is 88.5 cm³/mol. The third-order valence-electron chi connectivity index (χ3n) is 3.68. The molecule has 0 unspecified atom stereocenters. The minimum atomic E-state index is -0.374. The molecule has 0 aliphatic rings. The van der Waals surface area contributed by atoms with Crippen molar-refractivity contribution < 1.29 is 18.8 Å². The summed E-state index contributed by atoms with van der Waals surface area (Å²) in [5, 5.41) is 4.01. The quantitative estimate of drug-likeness (QED) is 0.686. The molecule has 0 atom stereocenters. The summed E-state index contributed by atoms with van der Waals surface area (Å²) in [6.45, 7) is 6.22. The van der Waals surface area contributed by atoms with Gasteiger partial charge in [-0.25, -0.2) is 4.79 Å². The van der Waals surface area contributed by atoms with Crippen LogP contribution in [0.1, 0.15) is 30.1 Å². The first-order valence-electron chi connectivity index (χ1n) is 7.79. The van der Waals surface area contributed by atoms with Crippen molar-refractivity contribution in [2.45, 2.75) is 26.4 Å². The van der Waals surface area contributed by atoms with Gasteiger partial charge >= 0.3 is 5.97 Å². The van der Waals surface area contributed by atoms with Crippen molar-refractivity contribution in [1.82, 2.24) is 15.0 Å². The van der Waals surface area contributed by atoms with Crippen LogP contribution in [0.4, 0.5) is 0 Å². The van der Waals surface area contributed by atoms with E-state index in [1.165, 1.54) is 7.11 Å². The summed E-state index contributed by atoms with van der Waals surface area (Å²) >= 11 is 0. The zero-order chi connectivity index (χ0) is 17.5. The Balaban J connectivity index is 2.08. The average Bonchev–Trinajstić information content (AvgIpc) is 3.06. The van der Waals surface area contributed by atoms with Gasteiger partial charge in [-0.15, -0.1) is 0 Å². The van der Waals surface area contributed by atoms with Gasteiger partial charge in [-0.05, 0) is 26.0 Å². The van der Waals surface area contributed by atoms with E-state index < -0.39 is 0 Å². The second-order valence-corrected chi connectivity index (χ2v) is 5.64. The lowest BCUT2D eigenvalue weighted by Crippen LogP contribution is -2.33. The van der Waals surface area contributed by atoms with Crippen LogP contribution in [0.15, 0.2) is 28.8 Å². The second-order valence-electron chi connectivity index (χ2n) is 5.64. The Morgan fingerprint density at radius 3 is 2.54 bits per heavy atom. The first-order valence-corrected chi connectivity index (χ1v) is 7.79. The van der Waals surface area contributed by atoms with Gasteiger partial charge in [-0.3, -0.25) is 4.90 Å². The van der Waals surface area contributed by atoms with Gasteiger partial charge in [-0.2, -0.15) is 4.98 Å². The third kappa shape index (κ3) is 4.62. The summed E-state index contributed by atoms with van der Waals surface area (Å²) in [4.78, 5) is 18.1. The maximum Gasteiger partial charge on any atom is 0.337 e. The molecule has 2 rings (SSSR count). The van der Waals surface area contributed by atoms with Crippen molar-refractivity contribution in [3.63, 3.8) is 0 Å². The molecule has 0 fully saturated rings. The monoisotopic (exact) mass is 333 g/mol. The van der Waals surface area contributed by atoms with Crippen LogP contribution in [-0.4, -0.2) is 54.4 Å². The molecule has 130 valence electrons. The second kappa shape index (κ2) is 8.56. The summed E-state index contributed by atoms with van der Waals surface area (Å²) < 4.78 is 15.2. The van der Waals surface area contributed by atoms with Crippen LogP contribution in [0.3, 0.4) is 0 Å². The molecule has 7 nitrogen and oxygen atoms in total. The van der Waals surface area contributed by atoms with E-state index >= 15 is 0 Å².